The van der Waals surface area contributed by atoms with Crippen molar-refractivity contribution in [3.63, 3.8) is 0 Å². The number of halogens is 1. The first-order chi connectivity index (χ1) is 10.1. The zero-order valence-corrected chi connectivity index (χ0v) is 13.9. The summed E-state index contributed by atoms with van der Waals surface area (Å²) in [7, 11) is 0. The second-order valence-electron chi connectivity index (χ2n) is 5.90. The van der Waals surface area contributed by atoms with Crippen molar-refractivity contribution in [2.75, 3.05) is 5.88 Å². The predicted octanol–water partition coefficient (Wildman–Crippen LogP) is 4.86. The van der Waals surface area contributed by atoms with Crippen molar-refractivity contribution in [1.29, 1.82) is 0 Å². The Balaban J connectivity index is 2.04. The summed E-state index contributed by atoms with van der Waals surface area (Å²) >= 11 is 7.77. The summed E-state index contributed by atoms with van der Waals surface area (Å²) in [6.45, 7) is 5.50. The summed E-state index contributed by atoms with van der Waals surface area (Å²) in [6.07, 6.45) is 0.802. The SMILES string of the molecule is CC(C)(Cn1c(CCCl)nc2ccccc21)c1cccs1. The van der Waals surface area contributed by atoms with Crippen LogP contribution in [0, 0.1) is 0 Å². The van der Waals surface area contributed by atoms with E-state index in [1.54, 1.807) is 0 Å². The number of hydrogen-bond acceptors (Lipinski definition) is 2. The molecule has 110 valence electrons. The van der Waals surface area contributed by atoms with Crippen molar-refractivity contribution in [3.05, 3.63) is 52.5 Å². The average Bonchev–Trinajstić information content (AvgIpc) is 3.09. The number of nitrogens with zero attached hydrogens (tertiary/aromatic N) is 2. The number of aromatic nitrogens is 2. The summed E-state index contributed by atoms with van der Waals surface area (Å²) in [6, 6.07) is 12.7. The Kier molecular flexibility index (Phi) is 4.05. The smallest absolute Gasteiger partial charge is 0.111 e. The van der Waals surface area contributed by atoms with Crippen LogP contribution in [0.5, 0.6) is 0 Å². The molecule has 0 spiro atoms. The van der Waals surface area contributed by atoms with Gasteiger partial charge in [-0.15, -0.1) is 22.9 Å². The van der Waals surface area contributed by atoms with Crippen LogP contribution in [-0.4, -0.2) is 15.4 Å². The van der Waals surface area contributed by atoms with E-state index in [2.05, 4.69) is 54.1 Å². The molecule has 21 heavy (non-hydrogen) atoms. The molecule has 2 nitrogen and oxygen atoms in total. The molecule has 2 aromatic heterocycles. The highest BCUT2D eigenvalue weighted by molar-refractivity contribution is 7.10. The third-order valence-electron chi connectivity index (χ3n) is 3.79. The molecule has 0 aliphatic carbocycles. The van der Waals surface area contributed by atoms with E-state index in [-0.39, 0.29) is 5.41 Å². The first-order valence-electron chi connectivity index (χ1n) is 7.16. The van der Waals surface area contributed by atoms with Crippen molar-refractivity contribution in [2.45, 2.75) is 32.2 Å². The Morgan fingerprint density at radius 1 is 1.19 bits per heavy atom. The fourth-order valence-electron chi connectivity index (χ4n) is 2.71. The number of imidazole rings is 1. The standard InChI is InChI=1S/C17H19ClN2S/c1-17(2,15-8-5-11-21-15)12-20-14-7-4-3-6-13(14)19-16(20)9-10-18/h3-8,11H,9-10,12H2,1-2H3. The molecule has 0 saturated heterocycles. The fourth-order valence-corrected chi connectivity index (χ4v) is 3.73. The first kappa shape index (κ1) is 14.6. The summed E-state index contributed by atoms with van der Waals surface area (Å²) in [5.74, 6) is 1.68. The summed E-state index contributed by atoms with van der Waals surface area (Å²) in [5.41, 5.74) is 2.33. The van der Waals surface area contributed by atoms with Crippen molar-refractivity contribution in [1.82, 2.24) is 9.55 Å². The van der Waals surface area contributed by atoms with Crippen LogP contribution < -0.4 is 0 Å². The molecule has 4 heteroatoms. The van der Waals surface area contributed by atoms with Gasteiger partial charge >= 0.3 is 0 Å². The van der Waals surface area contributed by atoms with E-state index >= 15 is 0 Å². The number of fused-ring (bicyclic) bond motifs is 1. The Bertz CT molecular complexity index is 728. The maximum atomic E-state index is 5.96. The van der Waals surface area contributed by atoms with Crippen LogP contribution in [0.4, 0.5) is 0 Å². The van der Waals surface area contributed by atoms with Gasteiger partial charge in [0.1, 0.15) is 5.82 Å². The largest absolute Gasteiger partial charge is 0.327 e. The molecule has 0 bridgehead atoms. The summed E-state index contributed by atoms with van der Waals surface area (Å²) in [4.78, 5) is 6.15. The summed E-state index contributed by atoms with van der Waals surface area (Å²) in [5, 5.41) is 2.14. The highest BCUT2D eigenvalue weighted by Gasteiger charge is 2.24. The highest BCUT2D eigenvalue weighted by Crippen LogP contribution is 2.31. The third-order valence-corrected chi connectivity index (χ3v) is 5.22. The number of thiophene rings is 1. The van der Waals surface area contributed by atoms with Gasteiger partial charge in [0.15, 0.2) is 0 Å². The number of alkyl halides is 1. The molecule has 2 heterocycles. The zero-order chi connectivity index (χ0) is 14.9. The van der Waals surface area contributed by atoms with Gasteiger partial charge in [-0.2, -0.15) is 0 Å². The molecule has 0 saturated carbocycles. The number of aryl methyl sites for hydroxylation is 1. The van der Waals surface area contributed by atoms with Crippen LogP contribution in [0.15, 0.2) is 41.8 Å². The molecule has 0 amide bonds. The molecule has 0 N–H and O–H groups in total. The van der Waals surface area contributed by atoms with Crippen LogP contribution in [0.2, 0.25) is 0 Å². The van der Waals surface area contributed by atoms with Gasteiger partial charge in [0.05, 0.1) is 11.0 Å². The predicted molar refractivity (Wildman–Crippen MR) is 91.5 cm³/mol. The Hall–Kier alpha value is -1.32. The monoisotopic (exact) mass is 318 g/mol. The second-order valence-corrected chi connectivity index (χ2v) is 7.23. The Morgan fingerprint density at radius 3 is 2.71 bits per heavy atom. The fraction of sp³-hybridized carbons (Fsp3) is 0.353. The topological polar surface area (TPSA) is 17.8 Å². The lowest BCUT2D eigenvalue weighted by molar-refractivity contribution is 0.441. The number of hydrogen-bond donors (Lipinski definition) is 0. The minimum absolute atomic E-state index is 0.0820. The molecule has 1 aromatic carbocycles. The van der Waals surface area contributed by atoms with Gasteiger partial charge in [0.2, 0.25) is 0 Å². The molecular weight excluding hydrogens is 300 g/mol. The third kappa shape index (κ3) is 2.85. The summed E-state index contributed by atoms with van der Waals surface area (Å²) < 4.78 is 2.33. The van der Waals surface area contributed by atoms with Crippen molar-refractivity contribution >= 4 is 34.0 Å². The van der Waals surface area contributed by atoms with Gasteiger partial charge < -0.3 is 4.57 Å². The maximum Gasteiger partial charge on any atom is 0.111 e. The lowest BCUT2D eigenvalue weighted by atomic mass is 9.91. The highest BCUT2D eigenvalue weighted by atomic mass is 35.5. The molecule has 0 radical (unpaired) electrons. The van der Waals surface area contributed by atoms with E-state index < -0.39 is 0 Å². The molecule has 3 rings (SSSR count). The lowest BCUT2D eigenvalue weighted by Gasteiger charge is -2.25. The molecule has 0 atom stereocenters. The quantitative estimate of drug-likeness (QED) is 0.614. The van der Waals surface area contributed by atoms with Crippen LogP contribution in [-0.2, 0) is 18.4 Å². The normalized spacial score (nSPS) is 12.1. The van der Waals surface area contributed by atoms with Crippen molar-refractivity contribution in [2.24, 2.45) is 0 Å². The van der Waals surface area contributed by atoms with Crippen LogP contribution in [0.3, 0.4) is 0 Å². The van der Waals surface area contributed by atoms with Crippen LogP contribution in [0.25, 0.3) is 11.0 Å². The van der Waals surface area contributed by atoms with E-state index in [1.807, 2.05) is 17.4 Å². The maximum absolute atomic E-state index is 5.96. The molecule has 0 fully saturated rings. The van der Waals surface area contributed by atoms with E-state index in [9.17, 15) is 0 Å². The minimum atomic E-state index is 0.0820. The molecule has 3 aromatic rings. The molecule has 0 aliphatic rings. The van der Waals surface area contributed by atoms with E-state index in [1.165, 1.54) is 10.4 Å². The Labute approximate surface area is 134 Å². The van der Waals surface area contributed by atoms with Crippen LogP contribution >= 0.6 is 22.9 Å². The van der Waals surface area contributed by atoms with Gasteiger partial charge in [0, 0.05) is 29.1 Å². The lowest BCUT2D eigenvalue weighted by Crippen LogP contribution is -2.24. The van der Waals surface area contributed by atoms with Gasteiger partial charge in [-0.25, -0.2) is 4.98 Å². The number of para-hydroxylation sites is 2. The number of benzene rings is 1. The first-order valence-corrected chi connectivity index (χ1v) is 8.57. The van der Waals surface area contributed by atoms with Gasteiger partial charge in [-0.1, -0.05) is 32.0 Å². The number of rotatable bonds is 5. The zero-order valence-electron chi connectivity index (χ0n) is 12.3. The van der Waals surface area contributed by atoms with Crippen molar-refractivity contribution in [3.8, 4) is 0 Å². The van der Waals surface area contributed by atoms with Gasteiger partial charge in [0.25, 0.3) is 0 Å². The molecular formula is C17H19ClN2S. The second kappa shape index (κ2) is 5.82. The molecule has 0 unspecified atom stereocenters. The Morgan fingerprint density at radius 2 is 2.00 bits per heavy atom. The van der Waals surface area contributed by atoms with E-state index in [0.717, 1.165) is 24.3 Å². The van der Waals surface area contributed by atoms with Gasteiger partial charge in [-0.3, -0.25) is 0 Å². The minimum Gasteiger partial charge on any atom is -0.327 e. The van der Waals surface area contributed by atoms with E-state index in [0.29, 0.717) is 5.88 Å². The average molecular weight is 319 g/mol. The van der Waals surface area contributed by atoms with Crippen molar-refractivity contribution < 1.29 is 0 Å². The van der Waals surface area contributed by atoms with E-state index in [4.69, 9.17) is 16.6 Å². The van der Waals surface area contributed by atoms with Crippen LogP contribution in [0.1, 0.15) is 24.5 Å². The van der Waals surface area contributed by atoms with Gasteiger partial charge in [-0.05, 0) is 23.6 Å². The molecule has 0 aliphatic heterocycles.